The SMILES string of the molecule is Cl.NCCNC(=O)CCSCc1nc2sc3c(c2c(=O)[nH]1)CCCC3. The van der Waals surface area contributed by atoms with Crippen molar-refractivity contribution in [2.24, 2.45) is 5.73 Å². The predicted molar refractivity (Wildman–Crippen MR) is 107 cm³/mol. The van der Waals surface area contributed by atoms with E-state index in [1.807, 2.05) is 0 Å². The second kappa shape index (κ2) is 9.56. The summed E-state index contributed by atoms with van der Waals surface area (Å²) in [5, 5.41) is 3.54. The number of nitrogens with zero attached hydrogens (tertiary/aromatic N) is 1. The minimum absolute atomic E-state index is 0. The summed E-state index contributed by atoms with van der Waals surface area (Å²) in [5.74, 6) is 2.01. The highest BCUT2D eigenvalue weighted by molar-refractivity contribution is 7.98. The number of carbonyl (C=O) groups is 1. The average Bonchev–Trinajstić information content (AvgIpc) is 2.95. The predicted octanol–water partition coefficient (Wildman–Crippen LogP) is 1.98. The maximum atomic E-state index is 12.4. The van der Waals surface area contributed by atoms with Crippen LogP contribution in [0.5, 0.6) is 0 Å². The summed E-state index contributed by atoms with van der Waals surface area (Å²) in [6.07, 6.45) is 4.86. The topological polar surface area (TPSA) is 101 Å². The molecule has 0 radical (unpaired) electrons. The van der Waals surface area contributed by atoms with Gasteiger partial charge in [0.25, 0.3) is 5.56 Å². The maximum Gasteiger partial charge on any atom is 0.259 e. The van der Waals surface area contributed by atoms with E-state index < -0.39 is 0 Å². The minimum Gasteiger partial charge on any atom is -0.355 e. The average molecular weight is 403 g/mol. The third-order valence-electron chi connectivity index (χ3n) is 4.05. The van der Waals surface area contributed by atoms with Crippen molar-refractivity contribution in [3.8, 4) is 0 Å². The number of amides is 1. The van der Waals surface area contributed by atoms with E-state index in [0.29, 0.717) is 36.8 Å². The standard InChI is InChI=1S/C16H22N4O2S2.ClH/c17-6-7-18-13(21)5-8-23-9-12-19-15(22)14-10-3-1-2-4-11(10)24-16(14)20-12;/h1-9,17H2,(H,18,21)(H,19,20,22);1H. The molecule has 2 aromatic rings. The zero-order valence-corrected chi connectivity index (χ0v) is 16.4. The van der Waals surface area contributed by atoms with Gasteiger partial charge >= 0.3 is 0 Å². The van der Waals surface area contributed by atoms with Gasteiger partial charge in [0.1, 0.15) is 10.7 Å². The molecule has 0 aromatic carbocycles. The molecule has 0 unspecified atom stereocenters. The Labute approximate surface area is 160 Å². The normalized spacial score (nSPS) is 13.3. The molecule has 0 aliphatic heterocycles. The lowest BCUT2D eigenvalue weighted by molar-refractivity contribution is -0.120. The molecule has 9 heteroatoms. The second-order valence-electron chi connectivity index (χ2n) is 5.84. The fraction of sp³-hybridized carbons (Fsp3) is 0.562. The number of fused-ring (bicyclic) bond motifs is 3. The maximum absolute atomic E-state index is 12.4. The van der Waals surface area contributed by atoms with E-state index in [4.69, 9.17) is 5.73 Å². The van der Waals surface area contributed by atoms with Gasteiger partial charge in [0.05, 0.1) is 11.1 Å². The van der Waals surface area contributed by atoms with E-state index in [-0.39, 0.29) is 23.9 Å². The fourth-order valence-corrected chi connectivity index (χ4v) is 5.00. The van der Waals surface area contributed by atoms with Crippen molar-refractivity contribution < 1.29 is 4.79 Å². The molecule has 25 heavy (non-hydrogen) atoms. The summed E-state index contributed by atoms with van der Waals surface area (Å²) < 4.78 is 0. The molecule has 1 aliphatic rings. The van der Waals surface area contributed by atoms with Crippen LogP contribution in [-0.4, -0.2) is 34.7 Å². The first-order chi connectivity index (χ1) is 11.7. The number of aromatic nitrogens is 2. The number of thioether (sulfide) groups is 1. The molecule has 0 spiro atoms. The second-order valence-corrected chi connectivity index (χ2v) is 8.03. The molecule has 0 atom stereocenters. The van der Waals surface area contributed by atoms with Gasteiger partial charge in [-0.15, -0.1) is 23.7 Å². The van der Waals surface area contributed by atoms with Gasteiger partial charge in [-0.25, -0.2) is 4.98 Å². The van der Waals surface area contributed by atoms with Crippen molar-refractivity contribution in [3.63, 3.8) is 0 Å². The van der Waals surface area contributed by atoms with Gasteiger partial charge in [0, 0.05) is 30.1 Å². The van der Waals surface area contributed by atoms with E-state index in [1.54, 1.807) is 23.1 Å². The quantitative estimate of drug-likeness (QED) is 0.615. The number of hydrogen-bond donors (Lipinski definition) is 3. The number of aromatic amines is 1. The number of nitrogens with two attached hydrogens (primary N) is 1. The smallest absolute Gasteiger partial charge is 0.259 e. The number of nitrogens with one attached hydrogen (secondary N) is 2. The minimum atomic E-state index is -0.0179. The molecule has 3 rings (SSSR count). The highest BCUT2D eigenvalue weighted by Crippen LogP contribution is 2.33. The van der Waals surface area contributed by atoms with Crippen LogP contribution in [-0.2, 0) is 23.4 Å². The molecular formula is C16H23ClN4O2S2. The summed E-state index contributed by atoms with van der Waals surface area (Å²) >= 11 is 3.27. The first-order valence-electron chi connectivity index (χ1n) is 8.27. The van der Waals surface area contributed by atoms with Gasteiger partial charge in [-0.05, 0) is 31.2 Å². The molecule has 0 saturated heterocycles. The third kappa shape index (κ3) is 4.97. The van der Waals surface area contributed by atoms with Crippen LogP contribution in [0.4, 0.5) is 0 Å². The largest absolute Gasteiger partial charge is 0.355 e. The van der Waals surface area contributed by atoms with Gasteiger partial charge in [-0.3, -0.25) is 9.59 Å². The van der Waals surface area contributed by atoms with Crippen molar-refractivity contribution in [1.29, 1.82) is 0 Å². The Kier molecular flexibility index (Phi) is 7.74. The van der Waals surface area contributed by atoms with Crippen molar-refractivity contribution in [1.82, 2.24) is 15.3 Å². The Morgan fingerprint density at radius 1 is 1.36 bits per heavy atom. The van der Waals surface area contributed by atoms with Crippen molar-refractivity contribution in [2.75, 3.05) is 18.8 Å². The van der Waals surface area contributed by atoms with Crippen molar-refractivity contribution in [2.45, 2.75) is 37.9 Å². The summed E-state index contributed by atoms with van der Waals surface area (Å²) in [5.41, 5.74) is 6.54. The molecule has 138 valence electrons. The van der Waals surface area contributed by atoms with E-state index in [0.717, 1.165) is 29.5 Å². The number of aryl methyl sites for hydroxylation is 2. The zero-order chi connectivity index (χ0) is 16.9. The summed E-state index contributed by atoms with van der Waals surface area (Å²) in [4.78, 5) is 33.7. The fourth-order valence-electron chi connectivity index (χ4n) is 2.91. The number of thiophene rings is 1. The number of H-pyrrole nitrogens is 1. The summed E-state index contributed by atoms with van der Waals surface area (Å²) in [6, 6.07) is 0. The number of rotatable bonds is 7. The zero-order valence-electron chi connectivity index (χ0n) is 13.9. The van der Waals surface area contributed by atoms with Crippen molar-refractivity contribution in [3.05, 3.63) is 26.6 Å². The lowest BCUT2D eigenvalue weighted by Crippen LogP contribution is -2.29. The Morgan fingerprint density at radius 3 is 2.96 bits per heavy atom. The lowest BCUT2D eigenvalue weighted by Gasteiger charge is -2.09. The van der Waals surface area contributed by atoms with Crippen LogP contribution >= 0.6 is 35.5 Å². The van der Waals surface area contributed by atoms with Gasteiger partial charge in [-0.2, -0.15) is 11.8 Å². The lowest BCUT2D eigenvalue weighted by atomic mass is 9.97. The van der Waals surface area contributed by atoms with Crippen LogP contribution in [0, 0.1) is 0 Å². The summed E-state index contributed by atoms with van der Waals surface area (Å²) in [6.45, 7) is 0.965. The molecule has 1 amide bonds. The third-order valence-corrected chi connectivity index (χ3v) is 6.21. The molecular weight excluding hydrogens is 380 g/mol. The van der Waals surface area contributed by atoms with Gasteiger partial charge in [0.2, 0.25) is 5.91 Å². The molecule has 0 bridgehead atoms. The van der Waals surface area contributed by atoms with Crippen molar-refractivity contribution >= 4 is 51.6 Å². The summed E-state index contributed by atoms with van der Waals surface area (Å²) in [7, 11) is 0. The Bertz CT molecular complexity index is 790. The molecule has 0 saturated carbocycles. The number of halogens is 1. The van der Waals surface area contributed by atoms with Crippen LogP contribution in [0.1, 0.15) is 35.5 Å². The van der Waals surface area contributed by atoms with Gasteiger partial charge < -0.3 is 16.0 Å². The Morgan fingerprint density at radius 2 is 2.16 bits per heavy atom. The number of hydrogen-bond acceptors (Lipinski definition) is 6. The molecule has 2 aromatic heterocycles. The first-order valence-corrected chi connectivity index (χ1v) is 10.2. The van der Waals surface area contributed by atoms with Gasteiger partial charge in [0.15, 0.2) is 0 Å². The molecule has 6 nitrogen and oxygen atoms in total. The van der Waals surface area contributed by atoms with Crippen LogP contribution in [0.2, 0.25) is 0 Å². The van der Waals surface area contributed by atoms with Crippen LogP contribution in [0.3, 0.4) is 0 Å². The molecule has 0 fully saturated rings. The first kappa shape index (κ1) is 20.2. The monoisotopic (exact) mass is 402 g/mol. The van der Waals surface area contributed by atoms with E-state index in [2.05, 4.69) is 15.3 Å². The van der Waals surface area contributed by atoms with Crippen LogP contribution in [0.15, 0.2) is 4.79 Å². The van der Waals surface area contributed by atoms with Crippen LogP contribution < -0.4 is 16.6 Å². The Balaban J connectivity index is 0.00000225. The Hall–Kier alpha value is -1.09. The number of carbonyl (C=O) groups excluding carboxylic acids is 1. The molecule has 1 aliphatic carbocycles. The van der Waals surface area contributed by atoms with Gasteiger partial charge in [-0.1, -0.05) is 0 Å². The van der Waals surface area contributed by atoms with E-state index in [1.165, 1.54) is 16.9 Å². The van der Waals surface area contributed by atoms with E-state index in [9.17, 15) is 9.59 Å². The van der Waals surface area contributed by atoms with Crippen LogP contribution in [0.25, 0.3) is 10.2 Å². The van der Waals surface area contributed by atoms with E-state index >= 15 is 0 Å². The molecule has 4 N–H and O–H groups in total. The molecule has 2 heterocycles. The highest BCUT2D eigenvalue weighted by atomic mass is 35.5. The highest BCUT2D eigenvalue weighted by Gasteiger charge is 2.19.